The largest absolute Gasteiger partial charge is 0.455 e. The molecule has 4 rings (SSSR count). The van der Waals surface area contributed by atoms with Gasteiger partial charge in [-0.2, -0.15) is 0 Å². The zero-order valence-corrected chi connectivity index (χ0v) is 20.4. The van der Waals surface area contributed by atoms with Crippen LogP contribution in [0.4, 0.5) is 5.69 Å². The van der Waals surface area contributed by atoms with Crippen LogP contribution in [-0.4, -0.2) is 21.4 Å². The lowest BCUT2D eigenvalue weighted by Gasteiger charge is -2.08. The molecule has 0 bridgehead atoms. The van der Waals surface area contributed by atoms with Crippen LogP contribution in [0.25, 0.3) is 0 Å². The van der Waals surface area contributed by atoms with Crippen molar-refractivity contribution < 1.29 is 14.3 Å². The number of thiazole rings is 1. The Hall–Kier alpha value is -3.23. The predicted octanol–water partition coefficient (Wildman–Crippen LogP) is 5.52. The molecule has 0 fully saturated rings. The van der Waals surface area contributed by atoms with Crippen molar-refractivity contribution in [2.24, 2.45) is 0 Å². The molecular weight excluding hydrogens is 454 g/mol. The van der Waals surface area contributed by atoms with Crippen molar-refractivity contribution in [1.29, 1.82) is 0 Å². The minimum absolute atomic E-state index is 0.0728. The van der Waals surface area contributed by atoms with Crippen LogP contribution >= 0.6 is 22.7 Å². The van der Waals surface area contributed by atoms with E-state index < -0.39 is 0 Å². The molecule has 6 nitrogen and oxygen atoms in total. The summed E-state index contributed by atoms with van der Waals surface area (Å²) in [4.78, 5) is 30.7. The molecule has 0 saturated heterocycles. The van der Waals surface area contributed by atoms with E-state index in [0.717, 1.165) is 29.2 Å². The van der Waals surface area contributed by atoms with E-state index >= 15 is 0 Å². The van der Waals surface area contributed by atoms with E-state index in [1.807, 2.05) is 67.9 Å². The number of esters is 1. The van der Waals surface area contributed by atoms with E-state index in [-0.39, 0.29) is 24.9 Å². The van der Waals surface area contributed by atoms with E-state index in [2.05, 4.69) is 20.9 Å². The molecule has 0 aliphatic carbocycles. The number of ether oxygens (including phenoxy) is 1. The Balaban J connectivity index is 1.33. The van der Waals surface area contributed by atoms with Crippen molar-refractivity contribution in [3.05, 3.63) is 91.3 Å². The highest BCUT2D eigenvalue weighted by Crippen LogP contribution is 2.21. The van der Waals surface area contributed by atoms with Gasteiger partial charge in [-0.05, 0) is 49.9 Å². The van der Waals surface area contributed by atoms with Gasteiger partial charge in [0.1, 0.15) is 11.6 Å². The summed E-state index contributed by atoms with van der Waals surface area (Å²) in [5.74, 6) is -0.493. The molecular formula is C25H25N3O3S2. The van der Waals surface area contributed by atoms with Crippen molar-refractivity contribution in [2.45, 2.75) is 40.3 Å². The Labute approximate surface area is 200 Å². The van der Waals surface area contributed by atoms with Gasteiger partial charge in [0, 0.05) is 27.3 Å². The summed E-state index contributed by atoms with van der Waals surface area (Å²) in [6.07, 6.45) is 0.177. The number of thiophene rings is 1. The first-order valence-electron chi connectivity index (χ1n) is 10.6. The maximum absolute atomic E-state index is 12.7. The fraction of sp³-hybridized carbons (Fsp3) is 0.240. The van der Waals surface area contributed by atoms with E-state index in [4.69, 9.17) is 4.74 Å². The summed E-state index contributed by atoms with van der Waals surface area (Å²) < 4.78 is 7.64. The number of carbonyl (C=O) groups is 2. The van der Waals surface area contributed by atoms with Gasteiger partial charge < -0.3 is 14.6 Å². The fourth-order valence-electron chi connectivity index (χ4n) is 3.57. The van der Waals surface area contributed by atoms with Crippen LogP contribution in [0.5, 0.6) is 0 Å². The standard InChI is InChI=1S/C25H25N3O3S2/c1-16-7-4-5-9-22(16)27-23(29)12-24-26-19(15-33-24)14-31-25(30)21-11-17(2)28(18(21)3)13-20-8-6-10-32-20/h4-11,15H,12-14H2,1-3H3,(H,27,29). The van der Waals surface area contributed by atoms with Gasteiger partial charge in [0.25, 0.3) is 0 Å². The number of anilines is 1. The normalized spacial score (nSPS) is 10.9. The highest BCUT2D eigenvalue weighted by Gasteiger charge is 2.18. The highest BCUT2D eigenvalue weighted by atomic mass is 32.1. The summed E-state index contributed by atoms with van der Waals surface area (Å²) >= 11 is 3.08. The summed E-state index contributed by atoms with van der Waals surface area (Å²) in [6.45, 7) is 6.69. The molecule has 0 atom stereocenters. The summed E-state index contributed by atoms with van der Waals surface area (Å²) in [7, 11) is 0. The van der Waals surface area contributed by atoms with Gasteiger partial charge in [-0.25, -0.2) is 9.78 Å². The van der Waals surface area contributed by atoms with Crippen molar-refractivity contribution in [2.75, 3.05) is 5.32 Å². The maximum Gasteiger partial charge on any atom is 0.340 e. The second-order valence-corrected chi connectivity index (χ2v) is 9.77. The lowest BCUT2D eigenvalue weighted by molar-refractivity contribution is -0.115. The molecule has 0 unspecified atom stereocenters. The van der Waals surface area contributed by atoms with Crippen LogP contribution in [0.1, 0.15) is 42.9 Å². The van der Waals surface area contributed by atoms with Gasteiger partial charge in [0.05, 0.1) is 24.2 Å². The van der Waals surface area contributed by atoms with Gasteiger partial charge in [0.2, 0.25) is 5.91 Å². The van der Waals surface area contributed by atoms with Gasteiger partial charge in [0.15, 0.2) is 0 Å². The minimum atomic E-state index is -0.368. The van der Waals surface area contributed by atoms with Crippen LogP contribution in [0.2, 0.25) is 0 Å². The lowest BCUT2D eigenvalue weighted by Crippen LogP contribution is -2.15. The first-order valence-corrected chi connectivity index (χ1v) is 12.3. The van der Waals surface area contributed by atoms with E-state index in [9.17, 15) is 9.59 Å². The number of hydrogen-bond donors (Lipinski definition) is 1. The molecule has 1 aromatic carbocycles. The fourth-order valence-corrected chi connectivity index (χ4v) is 5.04. The molecule has 3 aromatic heterocycles. The predicted molar refractivity (Wildman–Crippen MR) is 132 cm³/mol. The SMILES string of the molecule is Cc1ccccc1NC(=O)Cc1nc(COC(=O)c2cc(C)n(Cc3cccs3)c2C)cs1. The lowest BCUT2D eigenvalue weighted by atomic mass is 10.2. The molecule has 0 saturated carbocycles. The molecule has 8 heteroatoms. The Morgan fingerprint density at radius 3 is 2.67 bits per heavy atom. The summed E-state index contributed by atoms with van der Waals surface area (Å²) in [5, 5.41) is 7.46. The highest BCUT2D eigenvalue weighted by molar-refractivity contribution is 7.10. The number of carbonyl (C=O) groups excluding carboxylic acids is 2. The number of nitrogens with one attached hydrogen (secondary N) is 1. The van der Waals surface area contributed by atoms with Crippen molar-refractivity contribution in [3.63, 3.8) is 0 Å². The van der Waals surface area contributed by atoms with Crippen molar-refractivity contribution in [3.8, 4) is 0 Å². The number of aromatic nitrogens is 2. The number of nitrogens with zero attached hydrogens (tertiary/aromatic N) is 2. The first kappa shape index (κ1) is 22.9. The molecule has 33 heavy (non-hydrogen) atoms. The zero-order chi connectivity index (χ0) is 23.4. The quantitative estimate of drug-likeness (QED) is 0.338. The molecule has 0 spiro atoms. The number of benzene rings is 1. The smallest absolute Gasteiger partial charge is 0.340 e. The number of para-hydroxylation sites is 1. The number of aryl methyl sites for hydroxylation is 2. The minimum Gasteiger partial charge on any atom is -0.455 e. The summed E-state index contributed by atoms with van der Waals surface area (Å²) in [5.41, 5.74) is 4.91. The second-order valence-electron chi connectivity index (χ2n) is 7.80. The number of hydrogen-bond acceptors (Lipinski definition) is 6. The third-order valence-electron chi connectivity index (χ3n) is 5.37. The van der Waals surface area contributed by atoms with Gasteiger partial charge in [-0.15, -0.1) is 22.7 Å². The summed E-state index contributed by atoms with van der Waals surface area (Å²) in [6, 6.07) is 13.6. The zero-order valence-electron chi connectivity index (χ0n) is 18.8. The number of rotatable bonds is 8. The molecule has 0 aliphatic heterocycles. The third kappa shape index (κ3) is 5.58. The van der Waals surface area contributed by atoms with Gasteiger partial charge in [-0.1, -0.05) is 24.3 Å². The molecule has 0 aliphatic rings. The van der Waals surface area contributed by atoms with E-state index in [1.165, 1.54) is 16.2 Å². The van der Waals surface area contributed by atoms with Crippen molar-refractivity contribution >= 4 is 40.2 Å². The van der Waals surface area contributed by atoms with Crippen LogP contribution in [0, 0.1) is 20.8 Å². The Morgan fingerprint density at radius 1 is 1.09 bits per heavy atom. The van der Waals surface area contributed by atoms with Crippen LogP contribution in [-0.2, 0) is 29.1 Å². The molecule has 3 heterocycles. The van der Waals surface area contributed by atoms with E-state index in [1.54, 1.807) is 11.3 Å². The van der Waals surface area contributed by atoms with Crippen LogP contribution in [0.3, 0.4) is 0 Å². The Bertz CT molecular complexity index is 1270. The van der Waals surface area contributed by atoms with Gasteiger partial charge in [-0.3, -0.25) is 4.79 Å². The van der Waals surface area contributed by atoms with Crippen LogP contribution < -0.4 is 5.32 Å². The molecule has 0 radical (unpaired) electrons. The number of amides is 1. The van der Waals surface area contributed by atoms with Crippen LogP contribution in [0.15, 0.2) is 53.2 Å². The van der Waals surface area contributed by atoms with Gasteiger partial charge >= 0.3 is 5.97 Å². The van der Waals surface area contributed by atoms with Crippen molar-refractivity contribution in [1.82, 2.24) is 9.55 Å². The first-order chi connectivity index (χ1) is 15.9. The maximum atomic E-state index is 12.7. The molecule has 1 N–H and O–H groups in total. The van der Waals surface area contributed by atoms with E-state index in [0.29, 0.717) is 16.3 Å². The molecule has 4 aromatic rings. The third-order valence-corrected chi connectivity index (χ3v) is 7.13. The Morgan fingerprint density at radius 2 is 1.91 bits per heavy atom. The monoisotopic (exact) mass is 479 g/mol. The average molecular weight is 480 g/mol. The average Bonchev–Trinajstić information content (AvgIpc) is 3.52. The molecule has 1 amide bonds. The Kier molecular flexibility index (Phi) is 7.05. The molecule has 170 valence electrons. The second kappa shape index (κ2) is 10.1. The topological polar surface area (TPSA) is 73.2 Å².